The van der Waals surface area contributed by atoms with Crippen molar-refractivity contribution in [1.82, 2.24) is 15.0 Å². The van der Waals surface area contributed by atoms with Crippen molar-refractivity contribution in [2.24, 2.45) is 5.92 Å². The van der Waals surface area contributed by atoms with Crippen molar-refractivity contribution in [2.45, 2.75) is 51.0 Å². The zero-order valence-corrected chi connectivity index (χ0v) is 19.1. The molecular formula is C26H25ClF2N4. The van der Waals surface area contributed by atoms with E-state index in [1.807, 2.05) is 12.3 Å². The van der Waals surface area contributed by atoms with Crippen molar-refractivity contribution in [3.8, 4) is 0 Å². The molecule has 2 aromatic heterocycles. The summed E-state index contributed by atoms with van der Waals surface area (Å²) >= 11 is 6.08. The summed E-state index contributed by atoms with van der Waals surface area (Å²) in [6.07, 6.45) is 7.16. The van der Waals surface area contributed by atoms with Crippen molar-refractivity contribution in [3.05, 3.63) is 71.1 Å². The lowest BCUT2D eigenvalue weighted by molar-refractivity contribution is 0.302. The molecule has 0 amide bonds. The molecule has 1 saturated carbocycles. The zero-order valence-electron chi connectivity index (χ0n) is 18.4. The number of aromatic nitrogens is 3. The normalized spacial score (nSPS) is 19.6. The van der Waals surface area contributed by atoms with Gasteiger partial charge in [0.05, 0.1) is 11.0 Å². The first-order chi connectivity index (χ1) is 16.0. The minimum atomic E-state index is -0.328. The Bertz CT molecular complexity index is 1300. The van der Waals surface area contributed by atoms with E-state index in [9.17, 15) is 8.78 Å². The minimum absolute atomic E-state index is 0.144. The maximum atomic E-state index is 13.8. The third-order valence-corrected chi connectivity index (χ3v) is 6.89. The topological polar surface area (TPSA) is 50.7 Å². The van der Waals surface area contributed by atoms with Gasteiger partial charge < -0.3 is 5.32 Å². The molecule has 1 aliphatic rings. The lowest BCUT2D eigenvalue weighted by Crippen LogP contribution is -2.23. The van der Waals surface area contributed by atoms with E-state index < -0.39 is 0 Å². The molecular weight excluding hydrogens is 442 g/mol. The van der Waals surface area contributed by atoms with Gasteiger partial charge in [-0.1, -0.05) is 0 Å². The molecule has 1 unspecified atom stereocenters. The second-order valence-corrected chi connectivity index (χ2v) is 9.40. The van der Waals surface area contributed by atoms with Crippen LogP contribution in [-0.4, -0.2) is 21.0 Å². The molecule has 2 aromatic carbocycles. The van der Waals surface area contributed by atoms with Gasteiger partial charge in [-0.3, -0.25) is 4.98 Å². The highest BCUT2D eigenvalue weighted by atomic mass is 35.5. The number of benzene rings is 2. The SMILES string of the molecule is CC(C[C@H]1CC[C@@H](c2ccnc3ccc(F)cc32)CC1)Nc1nc(Cl)nc2ccc(F)cc12. The van der Waals surface area contributed by atoms with Crippen LogP contribution in [0, 0.1) is 17.6 Å². The average Bonchev–Trinajstić information content (AvgIpc) is 2.79. The van der Waals surface area contributed by atoms with E-state index in [2.05, 4.69) is 27.2 Å². The average molecular weight is 467 g/mol. The summed E-state index contributed by atoms with van der Waals surface area (Å²) < 4.78 is 27.6. The first-order valence-electron chi connectivity index (χ1n) is 11.4. The number of fused-ring (bicyclic) bond motifs is 2. The Hall–Kier alpha value is -2.86. The summed E-state index contributed by atoms with van der Waals surface area (Å²) in [6, 6.07) is 11.4. The van der Waals surface area contributed by atoms with Crippen LogP contribution in [-0.2, 0) is 0 Å². The molecule has 33 heavy (non-hydrogen) atoms. The molecule has 1 aliphatic carbocycles. The van der Waals surface area contributed by atoms with Crippen molar-refractivity contribution in [3.63, 3.8) is 0 Å². The Morgan fingerprint density at radius 3 is 2.39 bits per heavy atom. The minimum Gasteiger partial charge on any atom is -0.367 e. The number of anilines is 1. The molecule has 0 spiro atoms. The van der Waals surface area contributed by atoms with E-state index in [4.69, 9.17) is 11.6 Å². The smallest absolute Gasteiger partial charge is 0.224 e. The quantitative estimate of drug-likeness (QED) is 0.314. The second kappa shape index (κ2) is 9.18. The molecule has 1 N–H and O–H groups in total. The van der Waals surface area contributed by atoms with E-state index in [0.717, 1.165) is 43.0 Å². The number of hydrogen-bond donors (Lipinski definition) is 1. The first kappa shape index (κ1) is 22.0. The lowest BCUT2D eigenvalue weighted by Gasteiger charge is -2.31. The Morgan fingerprint density at radius 1 is 0.939 bits per heavy atom. The third kappa shape index (κ3) is 4.76. The molecule has 0 saturated heterocycles. The Kier molecular flexibility index (Phi) is 6.11. The number of halogens is 3. The van der Waals surface area contributed by atoms with E-state index in [-0.39, 0.29) is 23.0 Å². The molecule has 0 bridgehead atoms. The van der Waals surface area contributed by atoms with E-state index in [1.54, 1.807) is 18.2 Å². The predicted molar refractivity (Wildman–Crippen MR) is 129 cm³/mol. The van der Waals surface area contributed by atoms with Crippen LogP contribution in [0.15, 0.2) is 48.7 Å². The molecule has 5 rings (SSSR count). The van der Waals surface area contributed by atoms with Crippen LogP contribution in [0.25, 0.3) is 21.8 Å². The molecule has 4 nitrogen and oxygen atoms in total. The van der Waals surface area contributed by atoms with E-state index in [0.29, 0.717) is 28.6 Å². The summed E-state index contributed by atoms with van der Waals surface area (Å²) in [5.41, 5.74) is 2.67. The highest BCUT2D eigenvalue weighted by molar-refractivity contribution is 6.28. The fourth-order valence-corrected chi connectivity index (χ4v) is 5.36. The fourth-order valence-electron chi connectivity index (χ4n) is 5.18. The van der Waals surface area contributed by atoms with Crippen molar-refractivity contribution < 1.29 is 8.78 Å². The van der Waals surface area contributed by atoms with Crippen molar-refractivity contribution >= 4 is 39.2 Å². The molecule has 2 heterocycles. The van der Waals surface area contributed by atoms with E-state index in [1.165, 1.54) is 23.8 Å². The standard InChI is InChI=1S/C26H25ClF2N4/c1-15(31-25-22-14-19(29)7-9-24(22)32-26(27)33-25)12-16-2-4-17(5-3-16)20-10-11-30-23-8-6-18(28)13-21(20)23/h6-11,13-17H,2-5,12H2,1H3,(H,31,32,33)/t15?,16-,17+. The van der Waals surface area contributed by atoms with Crippen LogP contribution in [0.2, 0.25) is 5.28 Å². The number of nitrogens with one attached hydrogen (secondary N) is 1. The Morgan fingerprint density at radius 2 is 1.64 bits per heavy atom. The number of hydrogen-bond acceptors (Lipinski definition) is 4. The van der Waals surface area contributed by atoms with Gasteiger partial charge >= 0.3 is 0 Å². The maximum Gasteiger partial charge on any atom is 0.224 e. The maximum absolute atomic E-state index is 13.8. The van der Waals surface area contributed by atoms with Crippen LogP contribution >= 0.6 is 11.6 Å². The van der Waals surface area contributed by atoms with E-state index >= 15 is 0 Å². The van der Waals surface area contributed by atoms with Gasteiger partial charge in [0.2, 0.25) is 5.28 Å². The van der Waals surface area contributed by atoms with Gasteiger partial charge in [-0.25, -0.2) is 18.7 Å². The molecule has 0 radical (unpaired) electrons. The van der Waals surface area contributed by atoms with Crippen LogP contribution in [0.4, 0.5) is 14.6 Å². The Balaban J connectivity index is 1.25. The van der Waals surface area contributed by atoms with Gasteiger partial charge in [0.1, 0.15) is 17.5 Å². The number of rotatable bonds is 5. The number of pyridine rings is 1. The van der Waals surface area contributed by atoms with Gasteiger partial charge in [0.15, 0.2) is 0 Å². The number of nitrogens with zero attached hydrogens (tertiary/aromatic N) is 3. The highest BCUT2D eigenvalue weighted by Crippen LogP contribution is 2.40. The van der Waals surface area contributed by atoms with Crippen LogP contribution in [0.5, 0.6) is 0 Å². The molecule has 1 atom stereocenters. The first-order valence-corrected chi connectivity index (χ1v) is 11.8. The summed E-state index contributed by atoms with van der Waals surface area (Å²) in [5.74, 6) is 1.02. The van der Waals surface area contributed by atoms with Gasteiger partial charge in [-0.15, -0.1) is 0 Å². The molecule has 170 valence electrons. The van der Waals surface area contributed by atoms with Gasteiger partial charge in [0.25, 0.3) is 0 Å². The second-order valence-electron chi connectivity index (χ2n) is 9.06. The molecule has 0 aliphatic heterocycles. The predicted octanol–water partition coefficient (Wildman–Crippen LogP) is 7.27. The monoisotopic (exact) mass is 466 g/mol. The molecule has 4 aromatic rings. The lowest BCUT2D eigenvalue weighted by atomic mass is 9.76. The molecule has 1 fully saturated rings. The van der Waals surface area contributed by atoms with Crippen LogP contribution in [0.1, 0.15) is 50.5 Å². The summed E-state index contributed by atoms with van der Waals surface area (Å²) in [4.78, 5) is 12.9. The van der Waals surface area contributed by atoms with Gasteiger partial charge in [-0.05, 0) is 110 Å². The Labute approximate surface area is 196 Å². The fraction of sp³-hybridized carbons (Fsp3) is 0.346. The summed E-state index contributed by atoms with van der Waals surface area (Å²) in [7, 11) is 0. The molecule has 7 heteroatoms. The van der Waals surface area contributed by atoms with Crippen molar-refractivity contribution in [2.75, 3.05) is 5.32 Å². The van der Waals surface area contributed by atoms with Crippen LogP contribution in [0.3, 0.4) is 0 Å². The largest absolute Gasteiger partial charge is 0.367 e. The zero-order chi connectivity index (χ0) is 22.9. The van der Waals surface area contributed by atoms with Gasteiger partial charge in [-0.2, -0.15) is 0 Å². The van der Waals surface area contributed by atoms with Crippen molar-refractivity contribution in [1.29, 1.82) is 0 Å². The summed E-state index contributed by atoms with van der Waals surface area (Å²) in [6.45, 7) is 2.12. The van der Waals surface area contributed by atoms with Crippen LogP contribution < -0.4 is 5.32 Å². The summed E-state index contributed by atoms with van der Waals surface area (Å²) in [5, 5.41) is 5.12. The highest BCUT2D eigenvalue weighted by Gasteiger charge is 2.25. The van der Waals surface area contributed by atoms with Gasteiger partial charge in [0, 0.05) is 23.0 Å². The third-order valence-electron chi connectivity index (χ3n) is 6.72.